The molecule has 1 atom stereocenters. The Morgan fingerprint density at radius 3 is 2.49 bits per heavy atom. The largest absolute Gasteiger partial charge is 0.352 e. The maximum Gasteiger partial charge on any atom is 0.241 e. The van der Waals surface area contributed by atoms with Crippen LogP contribution in [-0.4, -0.2) is 52.0 Å². The predicted molar refractivity (Wildman–Crippen MR) is 145 cm³/mol. The van der Waals surface area contributed by atoms with Crippen molar-refractivity contribution in [1.82, 2.24) is 25.3 Å². The number of amides is 1. The molecular formula is C28H33Cl2N5O2. The predicted octanol–water partition coefficient (Wildman–Crippen LogP) is 5.56. The average Bonchev–Trinajstić information content (AvgIpc) is 3.37. The van der Waals surface area contributed by atoms with Gasteiger partial charge in [0.05, 0.1) is 17.5 Å². The Bertz CT molecular complexity index is 1190. The first kappa shape index (κ1) is 26.2. The molecule has 3 aromatic rings. The quantitative estimate of drug-likeness (QED) is 0.402. The second-order valence-electron chi connectivity index (χ2n) is 10.1. The number of hydrogen-bond donors (Lipinski definition) is 1. The van der Waals surface area contributed by atoms with Crippen molar-refractivity contribution in [2.75, 3.05) is 26.2 Å². The number of piperidine rings is 2. The number of carbonyl (C=O) groups excluding carboxylic acids is 1. The highest BCUT2D eigenvalue weighted by atomic mass is 35.5. The summed E-state index contributed by atoms with van der Waals surface area (Å²) in [5, 5.41) is 8.25. The van der Waals surface area contributed by atoms with Gasteiger partial charge in [-0.2, -0.15) is 4.98 Å². The summed E-state index contributed by atoms with van der Waals surface area (Å²) in [6.07, 6.45) is 5.79. The molecule has 196 valence electrons. The molecular weight excluding hydrogens is 509 g/mol. The topological polar surface area (TPSA) is 74.5 Å². The normalized spacial score (nSPS) is 19.1. The Kier molecular flexibility index (Phi) is 8.77. The van der Waals surface area contributed by atoms with E-state index in [1.54, 1.807) is 18.2 Å². The summed E-state index contributed by atoms with van der Waals surface area (Å²) < 4.78 is 5.47. The van der Waals surface area contributed by atoms with Crippen LogP contribution < -0.4 is 5.32 Å². The van der Waals surface area contributed by atoms with E-state index in [0.717, 1.165) is 31.5 Å². The third-order valence-corrected chi connectivity index (χ3v) is 7.77. The summed E-state index contributed by atoms with van der Waals surface area (Å²) in [5.74, 6) is 0.984. The van der Waals surface area contributed by atoms with Crippen LogP contribution in [-0.2, 0) is 24.4 Å². The van der Waals surface area contributed by atoms with Gasteiger partial charge in [-0.1, -0.05) is 59.0 Å². The van der Waals surface area contributed by atoms with Gasteiger partial charge in [0.1, 0.15) is 0 Å². The van der Waals surface area contributed by atoms with Crippen molar-refractivity contribution in [3.63, 3.8) is 0 Å². The highest BCUT2D eigenvalue weighted by Gasteiger charge is 2.27. The van der Waals surface area contributed by atoms with Gasteiger partial charge in [-0.25, -0.2) is 0 Å². The lowest BCUT2D eigenvalue weighted by Crippen LogP contribution is -2.42. The molecule has 2 aliphatic rings. The van der Waals surface area contributed by atoms with E-state index in [9.17, 15) is 4.79 Å². The molecule has 0 saturated carbocycles. The highest BCUT2D eigenvalue weighted by molar-refractivity contribution is 6.36. The van der Waals surface area contributed by atoms with E-state index in [0.29, 0.717) is 47.0 Å². The van der Waals surface area contributed by atoms with Gasteiger partial charge in [0.2, 0.25) is 17.6 Å². The summed E-state index contributed by atoms with van der Waals surface area (Å²) in [4.78, 5) is 22.2. The van der Waals surface area contributed by atoms with Crippen molar-refractivity contribution < 1.29 is 9.32 Å². The maximum absolute atomic E-state index is 12.9. The minimum absolute atomic E-state index is 0.0553. The van der Waals surface area contributed by atoms with Gasteiger partial charge in [0.25, 0.3) is 0 Å². The van der Waals surface area contributed by atoms with Crippen LogP contribution in [0.4, 0.5) is 0 Å². The molecule has 2 aliphatic heterocycles. The molecule has 1 unspecified atom stereocenters. The van der Waals surface area contributed by atoms with Crippen molar-refractivity contribution in [3.05, 3.63) is 69.5 Å². The number of benzene rings is 2. The first-order valence-electron chi connectivity index (χ1n) is 13.1. The monoisotopic (exact) mass is 541 g/mol. The van der Waals surface area contributed by atoms with Crippen molar-refractivity contribution in [1.29, 1.82) is 0 Å². The lowest BCUT2D eigenvalue weighted by atomic mass is 9.97. The van der Waals surface area contributed by atoms with E-state index in [1.807, 2.05) is 0 Å². The fourth-order valence-electron chi connectivity index (χ4n) is 5.18. The van der Waals surface area contributed by atoms with Crippen LogP contribution in [0.3, 0.4) is 0 Å². The number of nitrogens with zero attached hydrogens (tertiary/aromatic N) is 4. The molecule has 0 radical (unpaired) electrons. The van der Waals surface area contributed by atoms with E-state index in [2.05, 4.69) is 49.5 Å². The molecule has 9 heteroatoms. The summed E-state index contributed by atoms with van der Waals surface area (Å²) in [6.45, 7) is 6.01. The Morgan fingerprint density at radius 2 is 1.70 bits per heavy atom. The van der Waals surface area contributed by atoms with Gasteiger partial charge >= 0.3 is 0 Å². The molecule has 0 spiro atoms. The molecule has 0 aliphatic carbocycles. The number of likely N-dealkylation sites (tertiary alicyclic amines) is 2. The van der Waals surface area contributed by atoms with Crippen molar-refractivity contribution >= 4 is 29.1 Å². The smallest absolute Gasteiger partial charge is 0.241 e. The van der Waals surface area contributed by atoms with Crippen LogP contribution >= 0.6 is 23.2 Å². The fourth-order valence-corrected chi connectivity index (χ4v) is 5.67. The lowest BCUT2D eigenvalue weighted by Gasteiger charge is -2.30. The number of hydrogen-bond acceptors (Lipinski definition) is 6. The molecule has 0 bridgehead atoms. The van der Waals surface area contributed by atoms with E-state index in [-0.39, 0.29) is 11.8 Å². The van der Waals surface area contributed by atoms with Gasteiger partial charge in [-0.15, -0.1) is 0 Å². The second kappa shape index (κ2) is 12.4. The average molecular weight is 543 g/mol. The van der Waals surface area contributed by atoms with E-state index in [1.165, 1.54) is 37.9 Å². The van der Waals surface area contributed by atoms with E-state index in [4.69, 9.17) is 27.7 Å². The standard InChI is InChI=1S/C28H33Cl2N5O2/c29-23-10-11-24(25(30)15-23)27-32-26(37-33-27)19-35-14-4-5-22(18-35)28(36)31-16-20-6-8-21(9-7-20)17-34-12-2-1-3-13-34/h6-11,15,22H,1-5,12-14,16-19H2,(H,31,36). The Hall–Kier alpha value is -2.45. The zero-order valence-electron chi connectivity index (χ0n) is 21.0. The molecule has 2 fully saturated rings. The molecule has 2 aromatic carbocycles. The van der Waals surface area contributed by atoms with Crippen LogP contribution in [0.5, 0.6) is 0 Å². The van der Waals surface area contributed by atoms with Gasteiger partial charge in [0, 0.05) is 30.2 Å². The van der Waals surface area contributed by atoms with Crippen LogP contribution in [0.2, 0.25) is 10.0 Å². The van der Waals surface area contributed by atoms with Crippen molar-refractivity contribution in [3.8, 4) is 11.4 Å². The Morgan fingerprint density at radius 1 is 0.946 bits per heavy atom. The number of carbonyl (C=O) groups is 1. The number of halogens is 2. The van der Waals surface area contributed by atoms with E-state index < -0.39 is 0 Å². The van der Waals surface area contributed by atoms with Gasteiger partial charge < -0.3 is 9.84 Å². The fraction of sp³-hybridized carbons (Fsp3) is 0.464. The Labute approximate surface area is 228 Å². The van der Waals surface area contributed by atoms with Crippen LogP contribution in [0, 0.1) is 5.92 Å². The van der Waals surface area contributed by atoms with Crippen LogP contribution in [0.1, 0.15) is 49.1 Å². The molecule has 1 amide bonds. The maximum atomic E-state index is 12.9. The number of rotatable bonds is 8. The first-order valence-corrected chi connectivity index (χ1v) is 13.9. The molecule has 3 heterocycles. The molecule has 1 N–H and O–H groups in total. The summed E-state index contributed by atoms with van der Waals surface area (Å²) in [6, 6.07) is 13.8. The lowest BCUT2D eigenvalue weighted by molar-refractivity contribution is -0.127. The SMILES string of the molecule is O=C(NCc1ccc(CN2CCCCC2)cc1)C1CCCN(Cc2nc(-c3ccc(Cl)cc3Cl)no2)C1. The van der Waals surface area contributed by atoms with Crippen molar-refractivity contribution in [2.45, 2.75) is 51.7 Å². The summed E-state index contributed by atoms with van der Waals surface area (Å²) >= 11 is 12.3. The first-order chi connectivity index (χ1) is 18.0. The molecule has 37 heavy (non-hydrogen) atoms. The minimum Gasteiger partial charge on any atom is -0.352 e. The summed E-state index contributed by atoms with van der Waals surface area (Å²) in [7, 11) is 0. The molecule has 5 rings (SSSR count). The zero-order chi connectivity index (χ0) is 25.6. The number of aromatic nitrogens is 2. The summed E-state index contributed by atoms with van der Waals surface area (Å²) in [5.41, 5.74) is 3.14. The molecule has 2 saturated heterocycles. The third kappa shape index (κ3) is 7.11. The second-order valence-corrected chi connectivity index (χ2v) is 10.9. The van der Waals surface area contributed by atoms with Crippen molar-refractivity contribution in [2.24, 2.45) is 5.92 Å². The third-order valence-electron chi connectivity index (χ3n) is 7.22. The van der Waals surface area contributed by atoms with E-state index >= 15 is 0 Å². The minimum atomic E-state index is -0.0553. The van der Waals surface area contributed by atoms with Gasteiger partial charge in [0.15, 0.2) is 0 Å². The Balaban J connectivity index is 1.10. The highest BCUT2D eigenvalue weighted by Crippen LogP contribution is 2.29. The van der Waals surface area contributed by atoms with Crippen LogP contribution in [0.15, 0.2) is 47.0 Å². The zero-order valence-corrected chi connectivity index (χ0v) is 22.5. The van der Waals surface area contributed by atoms with Crippen LogP contribution in [0.25, 0.3) is 11.4 Å². The number of nitrogens with one attached hydrogen (secondary N) is 1. The van der Waals surface area contributed by atoms with Gasteiger partial charge in [-0.05, 0) is 74.6 Å². The van der Waals surface area contributed by atoms with Gasteiger partial charge in [-0.3, -0.25) is 14.6 Å². The molecule has 1 aromatic heterocycles. The molecule has 7 nitrogen and oxygen atoms in total.